The lowest BCUT2D eigenvalue weighted by Crippen LogP contribution is -2.42. The average Bonchev–Trinajstić information content (AvgIpc) is 2.91. The van der Waals surface area contributed by atoms with Crippen molar-refractivity contribution in [1.82, 2.24) is 15.3 Å². The van der Waals surface area contributed by atoms with Gasteiger partial charge in [0.05, 0.1) is 24.1 Å². The minimum Gasteiger partial charge on any atom is -0.466 e. The van der Waals surface area contributed by atoms with E-state index < -0.39 is 23.9 Å². The van der Waals surface area contributed by atoms with Gasteiger partial charge in [-0.15, -0.1) is 6.58 Å². The van der Waals surface area contributed by atoms with E-state index in [2.05, 4.69) is 21.9 Å². The molecule has 0 saturated carbocycles. The minimum atomic E-state index is -0.986. The van der Waals surface area contributed by atoms with E-state index in [4.69, 9.17) is 15.2 Å². The zero-order valence-electron chi connectivity index (χ0n) is 22.1. The lowest BCUT2D eigenvalue weighted by Gasteiger charge is -2.24. The number of amides is 1. The number of ether oxygens (including phenoxy) is 2. The molecule has 0 aliphatic rings. The van der Waals surface area contributed by atoms with Crippen molar-refractivity contribution in [3.63, 3.8) is 0 Å². The molecule has 3 aromatic rings. The first-order chi connectivity index (χ1) is 18.7. The fraction of sp³-hybridized carbons (Fsp3) is 0.321. The van der Waals surface area contributed by atoms with Crippen molar-refractivity contribution in [3.05, 3.63) is 76.6 Å². The molecule has 0 unspecified atom stereocenters. The summed E-state index contributed by atoms with van der Waals surface area (Å²) >= 11 is 0. The summed E-state index contributed by atoms with van der Waals surface area (Å²) in [6.45, 7) is 8.55. The second-order valence-corrected chi connectivity index (χ2v) is 8.64. The van der Waals surface area contributed by atoms with Crippen LogP contribution in [0.5, 0.6) is 0 Å². The number of esters is 2. The van der Waals surface area contributed by atoms with Crippen LogP contribution in [0.25, 0.3) is 10.9 Å². The van der Waals surface area contributed by atoms with Gasteiger partial charge in [-0.3, -0.25) is 19.4 Å². The molecule has 0 fully saturated rings. The fourth-order valence-electron chi connectivity index (χ4n) is 3.99. The number of carbonyl (C=O) groups is 3. The second kappa shape index (κ2) is 13.8. The first kappa shape index (κ1) is 28.9. The van der Waals surface area contributed by atoms with Crippen LogP contribution in [-0.2, 0) is 25.6 Å². The van der Waals surface area contributed by atoms with Crippen molar-refractivity contribution < 1.29 is 23.9 Å². The molecular weight excluding hydrogens is 502 g/mol. The monoisotopic (exact) mass is 535 g/mol. The van der Waals surface area contributed by atoms with Crippen molar-refractivity contribution in [1.29, 1.82) is 0 Å². The number of fused-ring (bicyclic) bond motifs is 1. The van der Waals surface area contributed by atoms with Crippen molar-refractivity contribution in [2.45, 2.75) is 39.3 Å². The predicted octanol–water partition coefficient (Wildman–Crippen LogP) is 2.70. The highest BCUT2D eigenvalue weighted by atomic mass is 16.5. The van der Waals surface area contributed by atoms with Gasteiger partial charge < -0.3 is 25.4 Å². The standard InChI is InChI=1S/C28H33N5O6/c1-4-15-33(17-18-7-12-22-21(16-18)26(36)32-28(29)31-22)20-10-8-19(9-11-20)25(35)30-23(27(37)39-6-3)13-14-24(34)38-5-2/h4,7-12,16,23H,1,5-6,13-15,17H2,2-3H3,(H,30,35)(H3,29,31,32,36)/t23-/m1/s1. The Morgan fingerprint density at radius 1 is 1.13 bits per heavy atom. The SMILES string of the molecule is C=CCN(Cc1ccc2nc(N)[nH]c(=O)c2c1)c1ccc(C(=O)N[C@H](CCC(=O)OCC)C(=O)OCC)cc1. The zero-order valence-corrected chi connectivity index (χ0v) is 22.1. The van der Waals surface area contributed by atoms with Crippen molar-refractivity contribution in [3.8, 4) is 0 Å². The number of benzene rings is 2. The third-order valence-electron chi connectivity index (χ3n) is 5.82. The van der Waals surface area contributed by atoms with Crippen LogP contribution in [0.1, 0.15) is 42.6 Å². The summed E-state index contributed by atoms with van der Waals surface area (Å²) < 4.78 is 9.96. The molecule has 0 spiro atoms. The summed E-state index contributed by atoms with van der Waals surface area (Å²) in [4.78, 5) is 58.0. The Hall–Kier alpha value is -4.67. The van der Waals surface area contributed by atoms with Gasteiger partial charge in [0.15, 0.2) is 0 Å². The molecule has 0 aliphatic carbocycles. The first-order valence-corrected chi connectivity index (χ1v) is 12.6. The molecule has 11 heteroatoms. The van der Waals surface area contributed by atoms with Crippen LogP contribution >= 0.6 is 0 Å². The topological polar surface area (TPSA) is 157 Å². The van der Waals surface area contributed by atoms with E-state index in [9.17, 15) is 19.2 Å². The maximum atomic E-state index is 12.9. The molecule has 0 aliphatic heterocycles. The van der Waals surface area contributed by atoms with E-state index >= 15 is 0 Å². The number of carbonyl (C=O) groups excluding carboxylic acids is 3. The van der Waals surface area contributed by atoms with Crippen molar-refractivity contribution in [2.75, 3.05) is 30.4 Å². The lowest BCUT2D eigenvalue weighted by molar-refractivity contribution is -0.146. The smallest absolute Gasteiger partial charge is 0.328 e. The maximum absolute atomic E-state index is 12.9. The number of nitrogen functional groups attached to an aromatic ring is 1. The Bertz CT molecular complexity index is 1390. The Balaban J connectivity index is 1.74. The van der Waals surface area contributed by atoms with Gasteiger partial charge in [0.25, 0.3) is 11.5 Å². The fourth-order valence-corrected chi connectivity index (χ4v) is 3.99. The first-order valence-electron chi connectivity index (χ1n) is 12.6. The molecule has 2 aromatic carbocycles. The van der Waals surface area contributed by atoms with Crippen molar-refractivity contribution in [2.24, 2.45) is 0 Å². The maximum Gasteiger partial charge on any atom is 0.328 e. The highest BCUT2D eigenvalue weighted by Gasteiger charge is 2.24. The summed E-state index contributed by atoms with van der Waals surface area (Å²) in [7, 11) is 0. The highest BCUT2D eigenvalue weighted by Crippen LogP contribution is 2.20. The molecule has 206 valence electrons. The zero-order chi connectivity index (χ0) is 28.4. The molecule has 0 radical (unpaired) electrons. The molecule has 1 aromatic heterocycles. The Kier molecular flexibility index (Phi) is 10.2. The number of aromatic amines is 1. The summed E-state index contributed by atoms with van der Waals surface area (Å²) in [5.41, 5.74) is 7.86. The van der Waals surface area contributed by atoms with Gasteiger partial charge in [-0.05, 0) is 62.2 Å². The van der Waals surface area contributed by atoms with E-state index in [1.54, 1.807) is 56.3 Å². The van der Waals surface area contributed by atoms with Crippen LogP contribution in [0.15, 0.2) is 59.9 Å². The summed E-state index contributed by atoms with van der Waals surface area (Å²) in [5, 5.41) is 3.09. The quantitative estimate of drug-likeness (QED) is 0.221. The normalized spacial score (nSPS) is 11.4. The molecule has 1 heterocycles. The second-order valence-electron chi connectivity index (χ2n) is 8.64. The number of hydrogen-bond acceptors (Lipinski definition) is 9. The van der Waals surface area contributed by atoms with Gasteiger partial charge in [-0.25, -0.2) is 9.78 Å². The Morgan fingerprint density at radius 3 is 2.51 bits per heavy atom. The van der Waals surface area contributed by atoms with E-state index in [0.29, 0.717) is 29.6 Å². The van der Waals surface area contributed by atoms with E-state index in [-0.39, 0.29) is 37.6 Å². The van der Waals surface area contributed by atoms with Crippen LogP contribution in [0.2, 0.25) is 0 Å². The minimum absolute atomic E-state index is 0.0306. The van der Waals surface area contributed by atoms with Gasteiger partial charge in [0, 0.05) is 30.8 Å². The third kappa shape index (κ3) is 7.91. The summed E-state index contributed by atoms with van der Waals surface area (Å²) in [5.74, 6) is -1.48. The lowest BCUT2D eigenvalue weighted by atomic mass is 10.1. The number of nitrogens with one attached hydrogen (secondary N) is 2. The van der Waals surface area contributed by atoms with Gasteiger partial charge in [-0.2, -0.15) is 0 Å². The van der Waals surface area contributed by atoms with E-state index in [0.717, 1.165) is 11.3 Å². The Morgan fingerprint density at radius 2 is 1.85 bits per heavy atom. The Labute approximate surface area is 226 Å². The molecule has 1 atom stereocenters. The molecule has 39 heavy (non-hydrogen) atoms. The largest absolute Gasteiger partial charge is 0.466 e. The van der Waals surface area contributed by atoms with Crippen LogP contribution in [0, 0.1) is 0 Å². The van der Waals surface area contributed by atoms with Crippen LogP contribution in [-0.4, -0.2) is 53.6 Å². The molecule has 11 nitrogen and oxygen atoms in total. The van der Waals surface area contributed by atoms with Crippen LogP contribution < -0.4 is 21.5 Å². The molecule has 4 N–H and O–H groups in total. The number of nitrogens with two attached hydrogens (primary N) is 1. The average molecular weight is 536 g/mol. The molecule has 3 rings (SSSR count). The van der Waals surface area contributed by atoms with Crippen LogP contribution in [0.4, 0.5) is 11.6 Å². The van der Waals surface area contributed by atoms with Gasteiger partial charge in [0.1, 0.15) is 6.04 Å². The molecule has 1 amide bonds. The molecular formula is C28H33N5O6. The van der Waals surface area contributed by atoms with Crippen LogP contribution in [0.3, 0.4) is 0 Å². The predicted molar refractivity (Wildman–Crippen MR) is 148 cm³/mol. The summed E-state index contributed by atoms with van der Waals surface area (Å²) in [6, 6.07) is 11.3. The number of aromatic nitrogens is 2. The number of H-pyrrole nitrogens is 1. The third-order valence-corrected chi connectivity index (χ3v) is 5.82. The van der Waals surface area contributed by atoms with Gasteiger partial charge >= 0.3 is 11.9 Å². The number of nitrogens with zero attached hydrogens (tertiary/aromatic N) is 2. The number of hydrogen-bond donors (Lipinski definition) is 3. The summed E-state index contributed by atoms with van der Waals surface area (Å²) in [6.07, 6.45) is 1.78. The highest BCUT2D eigenvalue weighted by molar-refractivity contribution is 5.97. The van der Waals surface area contributed by atoms with Gasteiger partial charge in [0.2, 0.25) is 5.95 Å². The number of anilines is 2. The van der Waals surface area contributed by atoms with E-state index in [1.807, 2.05) is 11.0 Å². The van der Waals surface area contributed by atoms with E-state index in [1.165, 1.54) is 0 Å². The number of rotatable bonds is 13. The molecule has 0 bridgehead atoms. The van der Waals surface area contributed by atoms with Crippen molar-refractivity contribution >= 4 is 40.4 Å². The molecule has 0 saturated heterocycles. The van der Waals surface area contributed by atoms with Gasteiger partial charge in [-0.1, -0.05) is 12.1 Å².